The first-order valence-electron chi connectivity index (χ1n) is 8.05. The lowest BCUT2D eigenvalue weighted by Crippen LogP contribution is -2.23. The summed E-state index contributed by atoms with van der Waals surface area (Å²) in [6, 6.07) is 9.33. The molecule has 1 N–H and O–H groups in total. The van der Waals surface area contributed by atoms with Gasteiger partial charge in [0.25, 0.3) is 5.91 Å². The monoisotopic (exact) mass is 389 g/mol. The van der Waals surface area contributed by atoms with Gasteiger partial charge in [0.15, 0.2) is 5.58 Å². The Kier molecular flexibility index (Phi) is 4.66. The second kappa shape index (κ2) is 6.67. The molecule has 142 valence electrons. The lowest BCUT2D eigenvalue weighted by atomic mass is 10.1. The van der Waals surface area contributed by atoms with Crippen molar-refractivity contribution >= 4 is 32.7 Å². The van der Waals surface area contributed by atoms with Gasteiger partial charge in [-0.3, -0.25) is 9.36 Å². The van der Waals surface area contributed by atoms with Crippen molar-refractivity contribution in [2.45, 2.75) is 11.8 Å². The summed E-state index contributed by atoms with van der Waals surface area (Å²) in [6.45, 7) is 1.67. The first kappa shape index (κ1) is 18.9. The van der Waals surface area contributed by atoms with Crippen LogP contribution in [0.3, 0.4) is 0 Å². The number of fused-ring (bicyclic) bond motifs is 1. The molecule has 1 heterocycles. The van der Waals surface area contributed by atoms with Gasteiger partial charge in [-0.15, -0.1) is 0 Å². The number of oxazole rings is 1. The quantitative estimate of drug-likeness (QED) is 0.735. The Morgan fingerprint density at radius 3 is 2.52 bits per heavy atom. The summed E-state index contributed by atoms with van der Waals surface area (Å²) < 4.78 is 32.4. The Balaban J connectivity index is 1.94. The number of aryl methyl sites for hydroxylation is 2. The Bertz CT molecular complexity index is 1210. The van der Waals surface area contributed by atoms with Crippen LogP contribution in [0.1, 0.15) is 15.9 Å². The Hall–Kier alpha value is -2.91. The number of sulfonamides is 1. The van der Waals surface area contributed by atoms with Gasteiger partial charge in [0.05, 0.1) is 10.4 Å². The normalized spacial score (nSPS) is 11.9. The van der Waals surface area contributed by atoms with E-state index >= 15 is 0 Å². The van der Waals surface area contributed by atoms with Crippen LogP contribution in [0.4, 0.5) is 5.69 Å². The molecule has 9 heteroatoms. The van der Waals surface area contributed by atoms with Crippen LogP contribution >= 0.6 is 0 Å². The molecule has 3 aromatic rings. The van der Waals surface area contributed by atoms with E-state index < -0.39 is 21.7 Å². The van der Waals surface area contributed by atoms with E-state index in [-0.39, 0.29) is 10.5 Å². The van der Waals surface area contributed by atoms with Gasteiger partial charge in [-0.1, -0.05) is 6.07 Å². The summed E-state index contributed by atoms with van der Waals surface area (Å²) in [4.78, 5) is 24.2. The fourth-order valence-electron chi connectivity index (χ4n) is 2.63. The van der Waals surface area contributed by atoms with E-state index in [0.717, 1.165) is 4.31 Å². The van der Waals surface area contributed by atoms with Crippen molar-refractivity contribution in [3.8, 4) is 0 Å². The maximum absolute atomic E-state index is 12.6. The molecular weight excluding hydrogens is 370 g/mol. The van der Waals surface area contributed by atoms with Gasteiger partial charge in [-0.05, 0) is 36.8 Å². The lowest BCUT2D eigenvalue weighted by molar-refractivity contribution is 0.102. The van der Waals surface area contributed by atoms with Crippen LogP contribution in [0.15, 0.2) is 50.5 Å². The fourth-order valence-corrected chi connectivity index (χ4v) is 3.78. The molecule has 0 radical (unpaired) electrons. The highest BCUT2D eigenvalue weighted by Gasteiger charge is 2.21. The van der Waals surface area contributed by atoms with E-state index in [0.29, 0.717) is 22.4 Å². The molecule has 0 bridgehead atoms. The number of aromatic nitrogens is 1. The average Bonchev–Trinajstić information content (AvgIpc) is 2.88. The summed E-state index contributed by atoms with van der Waals surface area (Å²) in [7, 11) is 0.792. The van der Waals surface area contributed by atoms with Gasteiger partial charge in [0.1, 0.15) is 0 Å². The summed E-state index contributed by atoms with van der Waals surface area (Å²) in [5, 5.41) is 2.69. The standard InChI is InChI=1S/C18H19N3O5S/c1-11-5-6-12(9-16(11)27(24,25)20(2)3)17(22)19-13-7-8-14-15(10-13)26-18(23)21(14)4/h5-10H,1-4H3,(H,19,22). The minimum atomic E-state index is -3.67. The number of carbonyl (C=O) groups excluding carboxylic acids is 1. The van der Waals surface area contributed by atoms with E-state index in [1.54, 1.807) is 44.3 Å². The minimum absolute atomic E-state index is 0.0738. The zero-order valence-electron chi connectivity index (χ0n) is 15.3. The average molecular weight is 389 g/mol. The van der Waals surface area contributed by atoms with Crippen LogP contribution in [0.25, 0.3) is 11.1 Å². The number of benzene rings is 2. The molecule has 0 atom stereocenters. The third kappa shape index (κ3) is 3.38. The second-order valence-corrected chi connectivity index (χ2v) is 8.45. The number of nitrogens with zero attached hydrogens (tertiary/aromatic N) is 2. The number of anilines is 1. The molecule has 1 amide bonds. The maximum atomic E-state index is 12.6. The van der Waals surface area contributed by atoms with Crippen LogP contribution in [-0.4, -0.2) is 37.3 Å². The molecular formula is C18H19N3O5S. The second-order valence-electron chi connectivity index (χ2n) is 6.33. The number of hydrogen-bond donors (Lipinski definition) is 1. The van der Waals surface area contributed by atoms with Crippen molar-refractivity contribution in [2.75, 3.05) is 19.4 Å². The highest BCUT2D eigenvalue weighted by molar-refractivity contribution is 7.89. The van der Waals surface area contributed by atoms with E-state index in [2.05, 4.69) is 5.32 Å². The predicted molar refractivity (Wildman–Crippen MR) is 101 cm³/mol. The molecule has 0 fully saturated rings. The van der Waals surface area contributed by atoms with Gasteiger partial charge >= 0.3 is 5.76 Å². The lowest BCUT2D eigenvalue weighted by Gasteiger charge is -2.14. The Morgan fingerprint density at radius 1 is 1.15 bits per heavy atom. The molecule has 0 saturated carbocycles. The van der Waals surface area contributed by atoms with Crippen LogP contribution < -0.4 is 11.1 Å². The summed E-state index contributed by atoms with van der Waals surface area (Å²) >= 11 is 0. The molecule has 0 unspecified atom stereocenters. The minimum Gasteiger partial charge on any atom is -0.408 e. The largest absolute Gasteiger partial charge is 0.419 e. The number of amides is 1. The van der Waals surface area contributed by atoms with Crippen LogP contribution in [0.2, 0.25) is 0 Å². The Labute approximate surface area is 156 Å². The van der Waals surface area contributed by atoms with Gasteiger partial charge in [0, 0.05) is 38.5 Å². The molecule has 3 rings (SSSR count). The third-order valence-electron chi connectivity index (χ3n) is 4.26. The van der Waals surface area contributed by atoms with Crippen LogP contribution in [0.5, 0.6) is 0 Å². The number of hydrogen-bond acceptors (Lipinski definition) is 5. The first-order chi connectivity index (χ1) is 12.6. The van der Waals surface area contributed by atoms with Crippen molar-refractivity contribution in [3.63, 3.8) is 0 Å². The zero-order valence-corrected chi connectivity index (χ0v) is 16.1. The SMILES string of the molecule is Cc1ccc(C(=O)Nc2ccc3c(c2)oc(=O)n3C)cc1S(=O)(=O)N(C)C. The topological polar surface area (TPSA) is 102 Å². The van der Waals surface area contributed by atoms with Crippen molar-refractivity contribution < 1.29 is 17.6 Å². The van der Waals surface area contributed by atoms with Crippen LogP contribution in [0, 0.1) is 6.92 Å². The van der Waals surface area contributed by atoms with Crippen LogP contribution in [-0.2, 0) is 17.1 Å². The molecule has 2 aromatic carbocycles. The number of carbonyl (C=O) groups is 1. The summed E-state index contributed by atoms with van der Waals surface area (Å²) in [5.74, 6) is -0.964. The highest BCUT2D eigenvalue weighted by atomic mass is 32.2. The maximum Gasteiger partial charge on any atom is 0.419 e. The molecule has 0 aliphatic rings. The highest BCUT2D eigenvalue weighted by Crippen LogP contribution is 2.22. The molecule has 0 saturated heterocycles. The predicted octanol–water partition coefficient (Wildman–Crippen LogP) is 1.94. The molecule has 8 nitrogen and oxygen atoms in total. The fraction of sp³-hybridized carbons (Fsp3) is 0.222. The molecule has 0 spiro atoms. The smallest absolute Gasteiger partial charge is 0.408 e. The molecule has 0 aliphatic heterocycles. The van der Waals surface area contributed by atoms with E-state index in [9.17, 15) is 18.0 Å². The molecule has 27 heavy (non-hydrogen) atoms. The van der Waals surface area contributed by atoms with E-state index in [1.807, 2.05) is 0 Å². The number of nitrogens with one attached hydrogen (secondary N) is 1. The van der Waals surface area contributed by atoms with E-state index in [1.165, 1.54) is 24.7 Å². The number of rotatable bonds is 4. The van der Waals surface area contributed by atoms with Crippen molar-refractivity contribution in [2.24, 2.45) is 7.05 Å². The van der Waals surface area contributed by atoms with Crippen molar-refractivity contribution in [1.29, 1.82) is 0 Å². The molecule has 0 aliphatic carbocycles. The van der Waals surface area contributed by atoms with Gasteiger partial charge in [-0.25, -0.2) is 17.5 Å². The van der Waals surface area contributed by atoms with Gasteiger partial charge in [0.2, 0.25) is 10.0 Å². The summed E-state index contributed by atoms with van der Waals surface area (Å²) in [5.41, 5.74) is 2.13. The first-order valence-corrected chi connectivity index (χ1v) is 9.49. The van der Waals surface area contributed by atoms with Crippen molar-refractivity contribution in [3.05, 3.63) is 58.1 Å². The van der Waals surface area contributed by atoms with Gasteiger partial charge in [-0.2, -0.15) is 0 Å². The Morgan fingerprint density at radius 2 is 1.85 bits per heavy atom. The van der Waals surface area contributed by atoms with Crippen molar-refractivity contribution in [1.82, 2.24) is 8.87 Å². The molecule has 1 aromatic heterocycles. The third-order valence-corrected chi connectivity index (χ3v) is 6.22. The zero-order chi connectivity index (χ0) is 19.9. The van der Waals surface area contributed by atoms with E-state index in [4.69, 9.17) is 4.42 Å². The van der Waals surface area contributed by atoms with Gasteiger partial charge < -0.3 is 9.73 Å². The summed E-state index contributed by atoms with van der Waals surface area (Å²) in [6.07, 6.45) is 0.